The Balaban J connectivity index is 1.46. The fourth-order valence-electron chi connectivity index (χ4n) is 2.44. The second-order valence-corrected chi connectivity index (χ2v) is 6.21. The number of hydrogen-bond acceptors (Lipinski definition) is 8. The van der Waals surface area contributed by atoms with Gasteiger partial charge in [-0.25, -0.2) is 9.78 Å². The molecule has 0 aliphatic carbocycles. The standard InChI is InChI=1S/C18H13N3O4S/c1-23-14-5-3-2-4-12(14)17-20-16(25-21-17)9-24-18(22)11-6-7-13-15(8-11)26-10-19-13/h2-8,10H,9H2,1H3. The van der Waals surface area contributed by atoms with Gasteiger partial charge in [-0.3, -0.25) is 0 Å². The van der Waals surface area contributed by atoms with Gasteiger partial charge in [-0.2, -0.15) is 4.98 Å². The summed E-state index contributed by atoms with van der Waals surface area (Å²) in [7, 11) is 1.57. The van der Waals surface area contributed by atoms with Gasteiger partial charge in [0.15, 0.2) is 6.61 Å². The number of para-hydroxylation sites is 1. The summed E-state index contributed by atoms with van der Waals surface area (Å²) in [6, 6.07) is 12.6. The van der Waals surface area contributed by atoms with Gasteiger partial charge >= 0.3 is 5.97 Å². The number of nitrogens with zero attached hydrogens (tertiary/aromatic N) is 3. The third-order valence-electron chi connectivity index (χ3n) is 3.71. The van der Waals surface area contributed by atoms with Crippen molar-refractivity contribution in [2.75, 3.05) is 7.11 Å². The first kappa shape index (κ1) is 16.2. The second-order valence-electron chi connectivity index (χ2n) is 5.32. The van der Waals surface area contributed by atoms with E-state index in [9.17, 15) is 4.79 Å². The predicted octanol–water partition coefficient (Wildman–Crippen LogP) is 3.71. The third-order valence-corrected chi connectivity index (χ3v) is 4.50. The molecule has 0 atom stereocenters. The summed E-state index contributed by atoms with van der Waals surface area (Å²) in [6.07, 6.45) is 0. The number of ether oxygens (including phenoxy) is 2. The van der Waals surface area contributed by atoms with E-state index in [-0.39, 0.29) is 12.5 Å². The predicted molar refractivity (Wildman–Crippen MR) is 95.0 cm³/mol. The molecule has 7 nitrogen and oxygen atoms in total. The molecular formula is C18H13N3O4S. The Morgan fingerprint density at radius 1 is 1.23 bits per heavy atom. The number of benzene rings is 2. The van der Waals surface area contributed by atoms with E-state index in [2.05, 4.69) is 15.1 Å². The smallest absolute Gasteiger partial charge is 0.338 e. The first-order valence-corrected chi connectivity index (χ1v) is 8.59. The van der Waals surface area contributed by atoms with Crippen LogP contribution in [-0.2, 0) is 11.3 Å². The fourth-order valence-corrected chi connectivity index (χ4v) is 3.16. The highest BCUT2D eigenvalue weighted by atomic mass is 32.1. The van der Waals surface area contributed by atoms with Crippen LogP contribution in [0.4, 0.5) is 0 Å². The van der Waals surface area contributed by atoms with Crippen LogP contribution >= 0.6 is 11.3 Å². The van der Waals surface area contributed by atoms with Crippen molar-refractivity contribution in [3.05, 3.63) is 59.4 Å². The van der Waals surface area contributed by atoms with Crippen molar-refractivity contribution >= 4 is 27.5 Å². The van der Waals surface area contributed by atoms with E-state index >= 15 is 0 Å². The number of hydrogen-bond donors (Lipinski definition) is 0. The first-order chi connectivity index (χ1) is 12.7. The second kappa shape index (κ2) is 6.93. The number of carbonyl (C=O) groups excluding carboxylic acids is 1. The van der Waals surface area contributed by atoms with E-state index in [1.54, 1.807) is 36.9 Å². The lowest BCUT2D eigenvalue weighted by Gasteiger charge is -2.03. The van der Waals surface area contributed by atoms with Crippen LogP contribution in [0, 0.1) is 0 Å². The van der Waals surface area contributed by atoms with Crippen molar-refractivity contribution in [2.45, 2.75) is 6.61 Å². The molecule has 0 aliphatic heterocycles. The maximum atomic E-state index is 12.2. The Morgan fingerprint density at radius 3 is 3.00 bits per heavy atom. The average Bonchev–Trinajstić information content (AvgIpc) is 3.34. The minimum Gasteiger partial charge on any atom is -0.496 e. The zero-order chi connectivity index (χ0) is 17.9. The SMILES string of the molecule is COc1ccccc1-c1noc(COC(=O)c2ccc3ncsc3c2)n1. The maximum absolute atomic E-state index is 12.2. The summed E-state index contributed by atoms with van der Waals surface area (Å²) < 4.78 is 16.6. The van der Waals surface area contributed by atoms with Crippen LogP contribution in [0.2, 0.25) is 0 Å². The van der Waals surface area contributed by atoms with Gasteiger partial charge in [0.2, 0.25) is 5.82 Å². The van der Waals surface area contributed by atoms with Gasteiger partial charge in [-0.15, -0.1) is 11.3 Å². The van der Waals surface area contributed by atoms with Crippen LogP contribution < -0.4 is 4.74 Å². The number of rotatable bonds is 5. The summed E-state index contributed by atoms with van der Waals surface area (Å²) in [5.74, 6) is 0.754. The number of thiazole rings is 1. The van der Waals surface area contributed by atoms with E-state index in [0.29, 0.717) is 22.7 Å². The van der Waals surface area contributed by atoms with E-state index in [1.165, 1.54) is 11.3 Å². The molecule has 0 saturated heterocycles. The monoisotopic (exact) mass is 367 g/mol. The summed E-state index contributed by atoms with van der Waals surface area (Å²) in [6.45, 7) is -0.109. The Bertz CT molecular complexity index is 1070. The molecule has 4 rings (SSSR count). The molecule has 26 heavy (non-hydrogen) atoms. The Hall–Kier alpha value is -3.26. The average molecular weight is 367 g/mol. The molecule has 2 aromatic carbocycles. The molecule has 0 aliphatic rings. The molecule has 0 fully saturated rings. The van der Waals surface area contributed by atoms with Crippen LogP contribution in [0.5, 0.6) is 5.75 Å². The van der Waals surface area contributed by atoms with Crippen molar-refractivity contribution in [1.29, 1.82) is 0 Å². The van der Waals surface area contributed by atoms with Gasteiger partial charge in [0, 0.05) is 0 Å². The summed E-state index contributed by atoms with van der Waals surface area (Å²) in [5.41, 5.74) is 3.74. The fraction of sp³-hybridized carbons (Fsp3) is 0.111. The number of esters is 1. The Labute approximate surface area is 152 Å². The van der Waals surface area contributed by atoms with Gasteiger partial charge in [0.1, 0.15) is 5.75 Å². The van der Waals surface area contributed by atoms with E-state index in [1.807, 2.05) is 18.2 Å². The first-order valence-electron chi connectivity index (χ1n) is 7.71. The number of fused-ring (bicyclic) bond motifs is 1. The largest absolute Gasteiger partial charge is 0.496 e. The third kappa shape index (κ3) is 3.14. The minimum absolute atomic E-state index is 0.109. The van der Waals surface area contributed by atoms with Gasteiger partial charge < -0.3 is 14.0 Å². The molecule has 0 spiro atoms. The zero-order valence-electron chi connectivity index (χ0n) is 13.7. The highest BCUT2D eigenvalue weighted by Gasteiger charge is 2.15. The van der Waals surface area contributed by atoms with Gasteiger partial charge in [-0.05, 0) is 30.3 Å². The molecule has 4 aromatic rings. The van der Waals surface area contributed by atoms with Crippen molar-refractivity contribution in [3.8, 4) is 17.1 Å². The van der Waals surface area contributed by atoms with Crippen LogP contribution in [-0.4, -0.2) is 28.2 Å². The number of methoxy groups -OCH3 is 1. The summed E-state index contributed by atoms with van der Waals surface area (Å²) >= 11 is 1.47. The van der Waals surface area contributed by atoms with Crippen LogP contribution in [0.15, 0.2) is 52.5 Å². The highest BCUT2D eigenvalue weighted by Crippen LogP contribution is 2.27. The summed E-state index contributed by atoms with van der Waals surface area (Å²) in [4.78, 5) is 20.6. The molecule has 2 aromatic heterocycles. The Kier molecular flexibility index (Phi) is 4.32. The van der Waals surface area contributed by atoms with Crippen molar-refractivity contribution in [2.24, 2.45) is 0 Å². The van der Waals surface area contributed by atoms with Crippen LogP contribution in [0.25, 0.3) is 21.6 Å². The molecule has 130 valence electrons. The topological polar surface area (TPSA) is 87.3 Å². The lowest BCUT2D eigenvalue weighted by molar-refractivity contribution is 0.0430. The molecule has 0 N–H and O–H groups in total. The lowest BCUT2D eigenvalue weighted by Crippen LogP contribution is -2.05. The van der Waals surface area contributed by atoms with Crippen LogP contribution in [0.3, 0.4) is 0 Å². The number of carbonyl (C=O) groups is 1. The highest BCUT2D eigenvalue weighted by molar-refractivity contribution is 7.16. The molecule has 2 heterocycles. The van der Waals surface area contributed by atoms with Gasteiger partial charge in [-0.1, -0.05) is 17.3 Å². The maximum Gasteiger partial charge on any atom is 0.338 e. The normalized spacial score (nSPS) is 10.8. The van der Waals surface area contributed by atoms with E-state index in [4.69, 9.17) is 14.0 Å². The quantitative estimate of drug-likeness (QED) is 0.497. The summed E-state index contributed by atoms with van der Waals surface area (Å²) in [5, 5.41) is 3.92. The molecule has 0 bridgehead atoms. The molecule has 0 saturated carbocycles. The van der Waals surface area contributed by atoms with Crippen LogP contribution in [0.1, 0.15) is 16.2 Å². The molecule has 0 unspecified atom stereocenters. The van der Waals surface area contributed by atoms with Gasteiger partial charge in [0.25, 0.3) is 5.89 Å². The zero-order valence-corrected chi connectivity index (χ0v) is 14.5. The Morgan fingerprint density at radius 2 is 2.12 bits per heavy atom. The molecule has 8 heteroatoms. The number of aromatic nitrogens is 3. The van der Waals surface area contributed by atoms with E-state index in [0.717, 1.165) is 10.2 Å². The van der Waals surface area contributed by atoms with Crippen molar-refractivity contribution in [3.63, 3.8) is 0 Å². The lowest BCUT2D eigenvalue weighted by atomic mass is 10.2. The van der Waals surface area contributed by atoms with Crippen molar-refractivity contribution in [1.82, 2.24) is 15.1 Å². The minimum atomic E-state index is -0.461. The van der Waals surface area contributed by atoms with E-state index < -0.39 is 5.97 Å². The van der Waals surface area contributed by atoms with Crippen molar-refractivity contribution < 1.29 is 18.8 Å². The molecule has 0 amide bonds. The molecule has 0 radical (unpaired) electrons. The van der Waals surface area contributed by atoms with Gasteiger partial charge in [0.05, 0.1) is 34.0 Å². The molecular weight excluding hydrogens is 354 g/mol.